The first-order valence-corrected chi connectivity index (χ1v) is 3.85. The van der Waals surface area contributed by atoms with E-state index in [0.29, 0.717) is 18.9 Å². The Morgan fingerprint density at radius 1 is 1.58 bits per heavy atom. The molecule has 0 aliphatic carbocycles. The molecule has 0 bridgehead atoms. The molecule has 1 fully saturated rings. The quantitative estimate of drug-likeness (QED) is 0.632. The van der Waals surface area contributed by atoms with Gasteiger partial charge in [0.25, 0.3) is 0 Å². The van der Waals surface area contributed by atoms with Crippen molar-refractivity contribution in [1.82, 2.24) is 5.32 Å². The summed E-state index contributed by atoms with van der Waals surface area (Å²) in [5.41, 5.74) is 0. The molecule has 1 saturated heterocycles. The maximum Gasteiger partial charge on any atom is 0.161 e. The fourth-order valence-corrected chi connectivity index (χ4v) is 1.19. The van der Waals surface area contributed by atoms with Gasteiger partial charge in [0.1, 0.15) is 18.1 Å². The lowest BCUT2D eigenvalue weighted by Gasteiger charge is -2.19. The fourth-order valence-electron chi connectivity index (χ4n) is 1.19. The SMILES string of the molecule is Fc1coc(C2C[N]CCO2)c1. The number of hydrogen-bond donors (Lipinski definition) is 0. The second-order valence-corrected chi connectivity index (χ2v) is 2.66. The molecule has 1 aromatic heterocycles. The van der Waals surface area contributed by atoms with Crippen molar-refractivity contribution in [2.75, 3.05) is 19.7 Å². The van der Waals surface area contributed by atoms with E-state index in [0.717, 1.165) is 12.8 Å². The van der Waals surface area contributed by atoms with Gasteiger partial charge in [0.05, 0.1) is 6.61 Å². The summed E-state index contributed by atoms with van der Waals surface area (Å²) in [6.07, 6.45) is 0.885. The highest BCUT2D eigenvalue weighted by atomic mass is 19.1. The molecule has 1 aliphatic heterocycles. The Morgan fingerprint density at radius 3 is 3.08 bits per heavy atom. The predicted molar refractivity (Wildman–Crippen MR) is 39.2 cm³/mol. The number of morpholine rings is 1. The van der Waals surface area contributed by atoms with Crippen LogP contribution in [0.15, 0.2) is 16.7 Å². The van der Waals surface area contributed by atoms with Crippen molar-refractivity contribution in [1.29, 1.82) is 0 Å². The van der Waals surface area contributed by atoms with Crippen molar-refractivity contribution in [3.05, 3.63) is 23.9 Å². The molecule has 2 rings (SSSR count). The van der Waals surface area contributed by atoms with Crippen LogP contribution in [0.4, 0.5) is 4.39 Å². The van der Waals surface area contributed by atoms with E-state index in [9.17, 15) is 4.39 Å². The molecule has 1 aromatic rings. The monoisotopic (exact) mass is 170 g/mol. The van der Waals surface area contributed by atoms with Crippen LogP contribution in [0.2, 0.25) is 0 Å². The van der Waals surface area contributed by atoms with Crippen molar-refractivity contribution in [3.63, 3.8) is 0 Å². The average molecular weight is 170 g/mol. The van der Waals surface area contributed by atoms with Crippen LogP contribution in [0.3, 0.4) is 0 Å². The van der Waals surface area contributed by atoms with Gasteiger partial charge < -0.3 is 9.15 Å². The average Bonchev–Trinajstić information content (AvgIpc) is 2.54. The largest absolute Gasteiger partial charge is 0.463 e. The first-order chi connectivity index (χ1) is 5.86. The minimum absolute atomic E-state index is 0.191. The summed E-state index contributed by atoms with van der Waals surface area (Å²) in [5.74, 6) is 0.162. The Hall–Kier alpha value is -0.870. The number of nitrogens with zero attached hydrogens (tertiary/aromatic N) is 1. The van der Waals surface area contributed by atoms with Crippen LogP contribution in [-0.2, 0) is 4.74 Å². The molecule has 0 amide bonds. The first-order valence-electron chi connectivity index (χ1n) is 3.85. The van der Waals surface area contributed by atoms with E-state index >= 15 is 0 Å². The fraction of sp³-hybridized carbons (Fsp3) is 0.500. The van der Waals surface area contributed by atoms with E-state index in [1.807, 2.05) is 0 Å². The summed E-state index contributed by atoms with van der Waals surface area (Å²) in [6.45, 7) is 1.87. The van der Waals surface area contributed by atoms with Gasteiger partial charge in [0, 0.05) is 19.2 Å². The molecule has 4 heteroatoms. The van der Waals surface area contributed by atoms with Gasteiger partial charge in [-0.05, 0) is 0 Å². The van der Waals surface area contributed by atoms with E-state index in [2.05, 4.69) is 5.32 Å². The highest BCUT2D eigenvalue weighted by Crippen LogP contribution is 2.20. The lowest BCUT2D eigenvalue weighted by Crippen LogP contribution is -2.28. The van der Waals surface area contributed by atoms with Crippen LogP contribution < -0.4 is 5.32 Å². The second-order valence-electron chi connectivity index (χ2n) is 2.66. The van der Waals surface area contributed by atoms with Gasteiger partial charge in [-0.3, -0.25) is 0 Å². The minimum Gasteiger partial charge on any atom is -0.463 e. The zero-order valence-electron chi connectivity index (χ0n) is 6.50. The Bertz CT molecular complexity index is 255. The number of halogens is 1. The van der Waals surface area contributed by atoms with Gasteiger partial charge in [-0.25, -0.2) is 9.71 Å². The maximum absolute atomic E-state index is 12.5. The molecule has 12 heavy (non-hydrogen) atoms. The van der Waals surface area contributed by atoms with Gasteiger partial charge in [-0.2, -0.15) is 0 Å². The number of ether oxygens (including phenoxy) is 1. The molecule has 3 nitrogen and oxygen atoms in total. The van der Waals surface area contributed by atoms with Crippen LogP contribution in [0.1, 0.15) is 11.9 Å². The molecular formula is C8H9FNO2. The Kier molecular flexibility index (Phi) is 2.10. The molecule has 1 aliphatic rings. The van der Waals surface area contributed by atoms with Gasteiger partial charge >= 0.3 is 0 Å². The Balaban J connectivity index is 2.08. The van der Waals surface area contributed by atoms with Gasteiger partial charge in [-0.15, -0.1) is 0 Å². The Morgan fingerprint density at radius 2 is 2.50 bits per heavy atom. The van der Waals surface area contributed by atoms with Crippen LogP contribution in [0, 0.1) is 5.82 Å². The van der Waals surface area contributed by atoms with Gasteiger partial charge in [0.2, 0.25) is 0 Å². The lowest BCUT2D eigenvalue weighted by molar-refractivity contribution is 0.0127. The zero-order valence-corrected chi connectivity index (χ0v) is 6.50. The maximum atomic E-state index is 12.5. The third-order valence-corrected chi connectivity index (χ3v) is 1.77. The molecule has 1 radical (unpaired) electrons. The third-order valence-electron chi connectivity index (χ3n) is 1.77. The summed E-state index contributed by atoms with van der Waals surface area (Å²) in [7, 11) is 0. The smallest absolute Gasteiger partial charge is 0.161 e. The van der Waals surface area contributed by atoms with E-state index in [1.54, 1.807) is 0 Å². The molecule has 0 saturated carbocycles. The Labute approximate surface area is 69.5 Å². The zero-order chi connectivity index (χ0) is 8.39. The van der Waals surface area contributed by atoms with Crippen molar-refractivity contribution in [2.45, 2.75) is 6.10 Å². The van der Waals surface area contributed by atoms with E-state index in [4.69, 9.17) is 9.15 Å². The molecule has 1 unspecified atom stereocenters. The predicted octanol–water partition coefficient (Wildman–Crippen LogP) is 1.09. The molecule has 2 heterocycles. The van der Waals surface area contributed by atoms with Crippen molar-refractivity contribution < 1.29 is 13.5 Å². The van der Waals surface area contributed by atoms with Crippen LogP contribution in [0.25, 0.3) is 0 Å². The standard InChI is InChI=1S/C8H9FNO2/c9-6-3-7(12-5-6)8-4-10-1-2-11-8/h3,5,8H,1-2,4H2. The molecular weight excluding hydrogens is 161 g/mol. The van der Waals surface area contributed by atoms with Crippen molar-refractivity contribution in [2.24, 2.45) is 0 Å². The summed E-state index contributed by atoms with van der Waals surface area (Å²) < 4.78 is 22.8. The lowest BCUT2D eigenvalue weighted by atomic mass is 10.2. The molecule has 0 spiro atoms. The van der Waals surface area contributed by atoms with Gasteiger partial charge in [0.15, 0.2) is 5.82 Å². The molecule has 0 N–H and O–H groups in total. The van der Waals surface area contributed by atoms with Crippen LogP contribution >= 0.6 is 0 Å². The first kappa shape index (κ1) is 7.76. The third kappa shape index (κ3) is 1.49. The highest BCUT2D eigenvalue weighted by molar-refractivity contribution is 5.05. The van der Waals surface area contributed by atoms with Gasteiger partial charge in [-0.1, -0.05) is 0 Å². The van der Waals surface area contributed by atoms with E-state index in [1.165, 1.54) is 6.07 Å². The van der Waals surface area contributed by atoms with Crippen molar-refractivity contribution in [3.8, 4) is 0 Å². The summed E-state index contributed by atoms with van der Waals surface area (Å²) in [5, 5.41) is 4.14. The molecule has 65 valence electrons. The molecule has 0 aromatic carbocycles. The normalized spacial score (nSPS) is 24.2. The highest BCUT2D eigenvalue weighted by Gasteiger charge is 2.19. The second kappa shape index (κ2) is 3.25. The topological polar surface area (TPSA) is 36.5 Å². The van der Waals surface area contributed by atoms with E-state index < -0.39 is 0 Å². The number of furan rings is 1. The summed E-state index contributed by atoms with van der Waals surface area (Å²) in [6, 6.07) is 1.34. The number of hydrogen-bond acceptors (Lipinski definition) is 2. The van der Waals surface area contributed by atoms with Crippen LogP contribution in [-0.4, -0.2) is 19.7 Å². The minimum atomic E-state index is -0.362. The van der Waals surface area contributed by atoms with E-state index in [-0.39, 0.29) is 11.9 Å². The molecule has 1 atom stereocenters. The number of rotatable bonds is 1. The van der Waals surface area contributed by atoms with Crippen molar-refractivity contribution >= 4 is 0 Å². The van der Waals surface area contributed by atoms with Crippen LogP contribution in [0.5, 0.6) is 0 Å². The summed E-state index contributed by atoms with van der Waals surface area (Å²) >= 11 is 0. The summed E-state index contributed by atoms with van der Waals surface area (Å²) in [4.78, 5) is 0.